The monoisotopic (exact) mass is 332 g/mol. The van der Waals surface area contributed by atoms with Crippen molar-refractivity contribution in [1.82, 2.24) is 0 Å². The second-order valence-corrected chi connectivity index (χ2v) is 6.21. The highest BCUT2D eigenvalue weighted by Crippen LogP contribution is 2.35. The molecule has 0 aliphatic heterocycles. The first kappa shape index (κ1) is 18.1. The zero-order valence-corrected chi connectivity index (χ0v) is 13.2. The lowest BCUT2D eigenvalue weighted by Crippen LogP contribution is -2.19. The van der Waals surface area contributed by atoms with Crippen molar-refractivity contribution in [2.45, 2.75) is 44.6 Å². The molecule has 0 spiro atoms. The summed E-state index contributed by atoms with van der Waals surface area (Å²) in [6.07, 6.45) is -0.396. The Bertz CT molecular complexity index is 465. The summed E-state index contributed by atoms with van der Waals surface area (Å²) in [5, 5.41) is 10.3. The number of hydrogen-bond donors (Lipinski definition) is 1. The molecule has 0 radical (unpaired) electrons. The SMILES string of the molecule is COCC1CCC(CC(O)c2ccc(OC(F)(F)F)cc2)CC1. The number of aliphatic hydroxyl groups excluding tert-OH is 1. The molecular formula is C17H23F3O3. The average Bonchev–Trinajstić information content (AvgIpc) is 2.48. The number of hydrogen-bond acceptors (Lipinski definition) is 3. The highest BCUT2D eigenvalue weighted by molar-refractivity contribution is 5.28. The van der Waals surface area contributed by atoms with Gasteiger partial charge in [-0.05, 0) is 61.6 Å². The summed E-state index contributed by atoms with van der Waals surface area (Å²) in [6.45, 7) is 0.788. The first-order valence-corrected chi connectivity index (χ1v) is 7.90. The number of halogens is 3. The van der Waals surface area contributed by atoms with E-state index in [9.17, 15) is 18.3 Å². The average molecular weight is 332 g/mol. The van der Waals surface area contributed by atoms with Gasteiger partial charge in [0.2, 0.25) is 0 Å². The molecule has 3 nitrogen and oxygen atoms in total. The lowest BCUT2D eigenvalue weighted by atomic mass is 9.79. The van der Waals surface area contributed by atoms with E-state index in [-0.39, 0.29) is 5.75 Å². The molecule has 130 valence electrons. The molecule has 1 atom stereocenters. The van der Waals surface area contributed by atoms with E-state index in [0.717, 1.165) is 32.3 Å². The molecule has 1 aliphatic rings. The van der Waals surface area contributed by atoms with Gasteiger partial charge in [-0.15, -0.1) is 13.2 Å². The largest absolute Gasteiger partial charge is 0.573 e. The molecular weight excluding hydrogens is 309 g/mol. The fourth-order valence-corrected chi connectivity index (χ4v) is 3.21. The third-order valence-electron chi connectivity index (χ3n) is 4.42. The van der Waals surface area contributed by atoms with E-state index in [1.807, 2.05) is 0 Å². The van der Waals surface area contributed by atoms with Crippen LogP contribution in [-0.2, 0) is 4.74 Å². The van der Waals surface area contributed by atoms with Gasteiger partial charge in [-0.2, -0.15) is 0 Å². The summed E-state index contributed by atoms with van der Waals surface area (Å²) < 4.78 is 45.3. The van der Waals surface area contributed by atoms with Gasteiger partial charge in [0.1, 0.15) is 5.75 Å². The fourth-order valence-electron chi connectivity index (χ4n) is 3.21. The fraction of sp³-hybridized carbons (Fsp3) is 0.647. The topological polar surface area (TPSA) is 38.7 Å². The van der Waals surface area contributed by atoms with Crippen LogP contribution in [0, 0.1) is 11.8 Å². The molecule has 1 N–H and O–H groups in total. The molecule has 6 heteroatoms. The molecule has 0 heterocycles. The van der Waals surface area contributed by atoms with Crippen molar-refractivity contribution >= 4 is 0 Å². The smallest absolute Gasteiger partial charge is 0.406 e. The van der Waals surface area contributed by atoms with Crippen LogP contribution in [0.1, 0.15) is 43.8 Å². The maximum atomic E-state index is 12.1. The van der Waals surface area contributed by atoms with Gasteiger partial charge in [-0.3, -0.25) is 0 Å². The lowest BCUT2D eigenvalue weighted by molar-refractivity contribution is -0.274. The number of ether oxygens (including phenoxy) is 2. The molecule has 1 saturated carbocycles. The Kier molecular flexibility index (Phi) is 6.30. The molecule has 0 saturated heterocycles. The normalized spacial score (nSPS) is 23.5. The highest BCUT2D eigenvalue weighted by Gasteiger charge is 2.31. The summed E-state index contributed by atoms with van der Waals surface area (Å²) in [6, 6.07) is 5.45. The summed E-state index contributed by atoms with van der Waals surface area (Å²) in [5.41, 5.74) is 0.624. The quantitative estimate of drug-likeness (QED) is 0.836. The molecule has 23 heavy (non-hydrogen) atoms. The summed E-state index contributed by atoms with van der Waals surface area (Å²) in [4.78, 5) is 0. The number of alkyl halides is 3. The molecule has 1 aromatic rings. The Morgan fingerprint density at radius 3 is 2.17 bits per heavy atom. The van der Waals surface area contributed by atoms with Crippen molar-refractivity contribution in [1.29, 1.82) is 0 Å². The van der Waals surface area contributed by atoms with E-state index in [4.69, 9.17) is 4.74 Å². The van der Waals surface area contributed by atoms with Crippen LogP contribution < -0.4 is 4.74 Å². The van der Waals surface area contributed by atoms with E-state index >= 15 is 0 Å². The molecule has 0 aromatic heterocycles. The molecule has 1 fully saturated rings. The van der Waals surface area contributed by atoms with Crippen LogP contribution in [-0.4, -0.2) is 25.2 Å². The van der Waals surface area contributed by atoms with Gasteiger partial charge in [0, 0.05) is 13.7 Å². The van der Waals surface area contributed by atoms with Crippen LogP contribution in [0.25, 0.3) is 0 Å². The van der Waals surface area contributed by atoms with E-state index in [1.165, 1.54) is 24.3 Å². The second kappa shape index (κ2) is 8.02. The molecule has 2 rings (SSSR count). The molecule has 1 aliphatic carbocycles. The van der Waals surface area contributed by atoms with Crippen LogP contribution >= 0.6 is 0 Å². The Balaban J connectivity index is 1.83. The highest BCUT2D eigenvalue weighted by atomic mass is 19.4. The van der Waals surface area contributed by atoms with Gasteiger partial charge in [0.05, 0.1) is 6.10 Å². The second-order valence-electron chi connectivity index (χ2n) is 6.21. The standard InChI is InChI=1S/C17H23F3O3/c1-22-11-13-4-2-12(3-5-13)10-16(21)14-6-8-15(9-7-14)23-17(18,19)20/h6-9,12-13,16,21H,2-5,10-11H2,1H3. The molecule has 1 unspecified atom stereocenters. The minimum absolute atomic E-state index is 0.270. The van der Waals surface area contributed by atoms with E-state index in [2.05, 4.69) is 4.74 Å². The van der Waals surface area contributed by atoms with Gasteiger partial charge >= 0.3 is 6.36 Å². The zero-order chi connectivity index (χ0) is 16.9. The summed E-state index contributed by atoms with van der Waals surface area (Å²) in [7, 11) is 1.71. The Morgan fingerprint density at radius 2 is 1.65 bits per heavy atom. The van der Waals surface area contributed by atoms with Crippen molar-refractivity contribution in [2.75, 3.05) is 13.7 Å². The van der Waals surface area contributed by atoms with Gasteiger partial charge in [-0.1, -0.05) is 12.1 Å². The van der Waals surface area contributed by atoms with E-state index in [0.29, 0.717) is 23.8 Å². The van der Waals surface area contributed by atoms with Crippen molar-refractivity contribution in [3.05, 3.63) is 29.8 Å². The Hall–Kier alpha value is -1.27. The van der Waals surface area contributed by atoms with E-state index < -0.39 is 12.5 Å². The van der Waals surface area contributed by atoms with Crippen molar-refractivity contribution in [2.24, 2.45) is 11.8 Å². The molecule has 1 aromatic carbocycles. The van der Waals surface area contributed by atoms with Crippen molar-refractivity contribution in [3.63, 3.8) is 0 Å². The van der Waals surface area contributed by atoms with Crippen LogP contribution in [0.3, 0.4) is 0 Å². The van der Waals surface area contributed by atoms with Crippen LogP contribution in [0.5, 0.6) is 5.75 Å². The minimum atomic E-state index is -4.69. The predicted octanol–water partition coefficient (Wildman–Crippen LogP) is 4.46. The summed E-state index contributed by atoms with van der Waals surface area (Å²) >= 11 is 0. The number of methoxy groups -OCH3 is 1. The maximum Gasteiger partial charge on any atom is 0.573 e. The third-order valence-corrected chi connectivity index (χ3v) is 4.42. The van der Waals surface area contributed by atoms with Crippen molar-refractivity contribution < 1.29 is 27.8 Å². The summed E-state index contributed by atoms with van der Waals surface area (Å²) in [5.74, 6) is 0.782. The predicted molar refractivity (Wildman–Crippen MR) is 80.0 cm³/mol. The van der Waals surface area contributed by atoms with Crippen LogP contribution in [0.2, 0.25) is 0 Å². The van der Waals surface area contributed by atoms with Crippen LogP contribution in [0.4, 0.5) is 13.2 Å². The van der Waals surface area contributed by atoms with Gasteiger partial charge in [-0.25, -0.2) is 0 Å². The maximum absolute atomic E-state index is 12.1. The Labute approximate surface area is 134 Å². The third kappa shape index (κ3) is 6.03. The van der Waals surface area contributed by atoms with E-state index in [1.54, 1.807) is 7.11 Å². The number of aliphatic hydroxyl groups is 1. The Morgan fingerprint density at radius 1 is 1.09 bits per heavy atom. The minimum Gasteiger partial charge on any atom is -0.406 e. The molecule has 0 amide bonds. The van der Waals surface area contributed by atoms with Crippen LogP contribution in [0.15, 0.2) is 24.3 Å². The van der Waals surface area contributed by atoms with Gasteiger partial charge in [0.25, 0.3) is 0 Å². The molecule has 0 bridgehead atoms. The number of rotatable bonds is 6. The van der Waals surface area contributed by atoms with Gasteiger partial charge in [0.15, 0.2) is 0 Å². The lowest BCUT2D eigenvalue weighted by Gasteiger charge is -2.29. The van der Waals surface area contributed by atoms with Gasteiger partial charge < -0.3 is 14.6 Å². The first-order valence-electron chi connectivity index (χ1n) is 7.90. The first-order chi connectivity index (χ1) is 10.9. The number of benzene rings is 1. The zero-order valence-electron chi connectivity index (χ0n) is 13.2. The van der Waals surface area contributed by atoms with Crippen molar-refractivity contribution in [3.8, 4) is 5.75 Å².